The van der Waals surface area contributed by atoms with Crippen LogP contribution in [0.25, 0.3) is 0 Å². The first-order valence-electron chi connectivity index (χ1n) is 6.41. The van der Waals surface area contributed by atoms with Crippen molar-refractivity contribution in [3.05, 3.63) is 34.3 Å². The van der Waals surface area contributed by atoms with Crippen molar-refractivity contribution in [1.82, 2.24) is 4.90 Å². The molecule has 1 fully saturated rings. The Morgan fingerprint density at radius 1 is 1.35 bits per heavy atom. The fraction of sp³-hybridized carbons (Fsp3) is 0.467. The summed E-state index contributed by atoms with van der Waals surface area (Å²) in [5.74, 6) is 0. The van der Waals surface area contributed by atoms with Crippen molar-refractivity contribution in [2.45, 2.75) is 31.8 Å². The number of benzene rings is 1. The minimum atomic E-state index is -0.613. The molecule has 0 atom stereocenters. The molecule has 1 aliphatic heterocycles. The number of amides is 1. The second kappa shape index (κ2) is 5.10. The standard InChI is InChI=1S/C15H17BrN2O2/c1-14(2,3)20-13(19)18-9-15(8-17,10-18)11-4-6-12(16)7-5-11/h4-7H,9-10H2,1-3H3. The average Bonchev–Trinajstić information content (AvgIpc) is 2.28. The topological polar surface area (TPSA) is 53.3 Å². The second-order valence-corrected chi connectivity index (χ2v) is 6.95. The first-order valence-corrected chi connectivity index (χ1v) is 7.20. The summed E-state index contributed by atoms with van der Waals surface area (Å²) in [4.78, 5) is 13.5. The van der Waals surface area contributed by atoms with E-state index in [0.717, 1.165) is 10.0 Å². The number of carbonyl (C=O) groups is 1. The van der Waals surface area contributed by atoms with Gasteiger partial charge in [0.2, 0.25) is 0 Å². The van der Waals surface area contributed by atoms with Crippen LogP contribution in [-0.4, -0.2) is 29.7 Å². The molecule has 0 aromatic heterocycles. The highest BCUT2D eigenvalue weighted by Crippen LogP contribution is 2.35. The lowest BCUT2D eigenvalue weighted by Gasteiger charge is -2.45. The number of hydrogen-bond acceptors (Lipinski definition) is 3. The van der Waals surface area contributed by atoms with Crippen LogP contribution >= 0.6 is 15.9 Å². The van der Waals surface area contributed by atoms with Crippen molar-refractivity contribution >= 4 is 22.0 Å². The molecule has 1 saturated heterocycles. The van der Waals surface area contributed by atoms with E-state index in [0.29, 0.717) is 13.1 Å². The molecule has 0 spiro atoms. The van der Waals surface area contributed by atoms with Crippen LogP contribution in [0.15, 0.2) is 28.7 Å². The molecule has 1 amide bonds. The van der Waals surface area contributed by atoms with Crippen molar-refractivity contribution in [1.29, 1.82) is 5.26 Å². The van der Waals surface area contributed by atoms with Crippen LogP contribution in [0.1, 0.15) is 26.3 Å². The zero-order chi connectivity index (χ0) is 15.0. The number of ether oxygens (including phenoxy) is 1. The van der Waals surface area contributed by atoms with Gasteiger partial charge in [0.1, 0.15) is 11.0 Å². The van der Waals surface area contributed by atoms with Crippen LogP contribution in [0.2, 0.25) is 0 Å². The van der Waals surface area contributed by atoms with Crippen LogP contribution in [0.5, 0.6) is 0 Å². The summed E-state index contributed by atoms with van der Waals surface area (Å²) in [5.41, 5.74) is -0.194. The number of likely N-dealkylation sites (tertiary alicyclic amines) is 1. The van der Waals surface area contributed by atoms with Gasteiger partial charge in [0, 0.05) is 17.6 Å². The molecule has 1 aliphatic rings. The van der Waals surface area contributed by atoms with Gasteiger partial charge in [0.25, 0.3) is 0 Å². The van der Waals surface area contributed by atoms with E-state index >= 15 is 0 Å². The molecule has 4 nitrogen and oxygen atoms in total. The van der Waals surface area contributed by atoms with Gasteiger partial charge in [-0.1, -0.05) is 28.1 Å². The molecule has 106 valence electrons. The summed E-state index contributed by atoms with van der Waals surface area (Å²) in [6.07, 6.45) is -0.361. The Hall–Kier alpha value is -1.54. The van der Waals surface area contributed by atoms with Gasteiger partial charge in [0.05, 0.1) is 6.07 Å². The number of halogens is 1. The second-order valence-electron chi connectivity index (χ2n) is 6.04. The van der Waals surface area contributed by atoms with Crippen LogP contribution in [-0.2, 0) is 10.2 Å². The lowest BCUT2D eigenvalue weighted by atomic mass is 9.75. The van der Waals surface area contributed by atoms with E-state index in [4.69, 9.17) is 4.74 Å². The Kier molecular flexibility index (Phi) is 3.79. The molecular weight excluding hydrogens is 320 g/mol. The highest BCUT2D eigenvalue weighted by molar-refractivity contribution is 9.10. The molecule has 0 aliphatic carbocycles. The highest BCUT2D eigenvalue weighted by Gasteiger charge is 2.48. The number of carbonyl (C=O) groups excluding carboxylic acids is 1. The van der Waals surface area contributed by atoms with Crippen LogP contribution < -0.4 is 0 Å². The van der Waals surface area contributed by atoms with Gasteiger partial charge in [-0.2, -0.15) is 5.26 Å². The fourth-order valence-corrected chi connectivity index (χ4v) is 2.41. The Balaban J connectivity index is 2.07. The maximum absolute atomic E-state index is 11.9. The van der Waals surface area contributed by atoms with Gasteiger partial charge < -0.3 is 9.64 Å². The van der Waals surface area contributed by atoms with E-state index in [1.165, 1.54) is 0 Å². The van der Waals surface area contributed by atoms with Crippen molar-refractivity contribution < 1.29 is 9.53 Å². The number of hydrogen-bond donors (Lipinski definition) is 0. The van der Waals surface area contributed by atoms with E-state index in [1.54, 1.807) is 4.90 Å². The summed E-state index contributed by atoms with van der Waals surface area (Å²) in [5, 5.41) is 9.45. The van der Waals surface area contributed by atoms with Gasteiger partial charge in [-0.05, 0) is 38.5 Å². The maximum atomic E-state index is 11.9. The quantitative estimate of drug-likeness (QED) is 0.789. The van der Waals surface area contributed by atoms with E-state index in [2.05, 4.69) is 22.0 Å². The van der Waals surface area contributed by atoms with Gasteiger partial charge >= 0.3 is 6.09 Å². The third kappa shape index (κ3) is 2.96. The van der Waals surface area contributed by atoms with Crippen molar-refractivity contribution in [3.63, 3.8) is 0 Å². The molecule has 0 saturated carbocycles. The predicted molar refractivity (Wildman–Crippen MR) is 79.2 cm³/mol. The molecule has 0 unspecified atom stereocenters. The molecule has 0 N–H and O–H groups in total. The molecule has 1 aromatic rings. The SMILES string of the molecule is CC(C)(C)OC(=O)N1CC(C#N)(c2ccc(Br)cc2)C1. The van der Waals surface area contributed by atoms with Gasteiger partial charge in [-0.25, -0.2) is 4.79 Å². The minimum Gasteiger partial charge on any atom is -0.444 e. The summed E-state index contributed by atoms with van der Waals surface area (Å²) < 4.78 is 6.27. The summed E-state index contributed by atoms with van der Waals surface area (Å²) in [7, 11) is 0. The molecule has 20 heavy (non-hydrogen) atoms. The van der Waals surface area contributed by atoms with Crippen LogP contribution in [0.3, 0.4) is 0 Å². The van der Waals surface area contributed by atoms with Crippen molar-refractivity contribution in [2.24, 2.45) is 0 Å². The number of nitriles is 1. The van der Waals surface area contributed by atoms with E-state index in [9.17, 15) is 10.1 Å². The third-order valence-corrected chi connectivity index (χ3v) is 3.71. The highest BCUT2D eigenvalue weighted by atomic mass is 79.9. The molecule has 0 bridgehead atoms. The maximum Gasteiger partial charge on any atom is 0.410 e. The zero-order valence-electron chi connectivity index (χ0n) is 11.8. The number of nitrogens with zero attached hydrogens (tertiary/aromatic N) is 2. The largest absolute Gasteiger partial charge is 0.444 e. The first-order chi connectivity index (χ1) is 9.26. The molecule has 1 heterocycles. The van der Waals surface area contributed by atoms with Gasteiger partial charge in [-0.15, -0.1) is 0 Å². The third-order valence-electron chi connectivity index (χ3n) is 3.18. The Bertz CT molecular complexity index is 549. The van der Waals surface area contributed by atoms with Gasteiger partial charge in [0.15, 0.2) is 0 Å². The molecule has 2 rings (SSSR count). The predicted octanol–water partition coefficient (Wildman–Crippen LogP) is 3.46. The summed E-state index contributed by atoms with van der Waals surface area (Å²) >= 11 is 3.37. The van der Waals surface area contributed by atoms with E-state index in [1.807, 2.05) is 45.0 Å². The van der Waals surface area contributed by atoms with E-state index in [-0.39, 0.29) is 6.09 Å². The first kappa shape index (κ1) is 14.9. The molecular formula is C15H17BrN2O2. The average molecular weight is 337 g/mol. The van der Waals surface area contributed by atoms with Crippen LogP contribution in [0.4, 0.5) is 4.79 Å². The normalized spacial score (nSPS) is 17.1. The number of rotatable bonds is 1. The molecule has 1 aromatic carbocycles. The Morgan fingerprint density at radius 3 is 2.35 bits per heavy atom. The fourth-order valence-electron chi connectivity index (χ4n) is 2.15. The van der Waals surface area contributed by atoms with Crippen molar-refractivity contribution in [3.8, 4) is 6.07 Å². The van der Waals surface area contributed by atoms with Crippen molar-refractivity contribution in [2.75, 3.05) is 13.1 Å². The monoisotopic (exact) mass is 336 g/mol. The molecule has 5 heteroatoms. The minimum absolute atomic E-state index is 0.361. The summed E-state index contributed by atoms with van der Waals surface area (Å²) in [6, 6.07) is 9.98. The lowest BCUT2D eigenvalue weighted by Crippen LogP contribution is -2.61. The smallest absolute Gasteiger partial charge is 0.410 e. The summed E-state index contributed by atoms with van der Waals surface area (Å²) in [6.45, 7) is 6.24. The lowest BCUT2D eigenvalue weighted by molar-refractivity contribution is -0.000454. The van der Waals surface area contributed by atoms with E-state index < -0.39 is 11.0 Å². The van der Waals surface area contributed by atoms with Crippen LogP contribution in [0, 0.1) is 11.3 Å². The Labute approximate surface area is 127 Å². The van der Waals surface area contributed by atoms with Gasteiger partial charge in [-0.3, -0.25) is 0 Å². The molecule has 0 radical (unpaired) electrons. The zero-order valence-corrected chi connectivity index (χ0v) is 13.4. The Morgan fingerprint density at radius 2 is 1.90 bits per heavy atom.